The third-order valence-electron chi connectivity index (χ3n) is 3.68. The molecule has 2 heteroatoms. The summed E-state index contributed by atoms with van der Waals surface area (Å²) in [5.41, 5.74) is 0. The molecule has 0 saturated heterocycles. The molecule has 0 unspecified atom stereocenters. The van der Waals surface area contributed by atoms with Gasteiger partial charge >= 0.3 is 0 Å². The molecule has 0 aliphatic rings. The Morgan fingerprint density at radius 1 is 0.500 bits per heavy atom. The van der Waals surface area contributed by atoms with Gasteiger partial charge in [0.05, 0.1) is 0 Å². The van der Waals surface area contributed by atoms with E-state index in [-0.39, 0.29) is 15.8 Å². The summed E-state index contributed by atoms with van der Waals surface area (Å²) in [7, 11) is 0.401. The highest BCUT2D eigenvalue weighted by atomic mass is 31.1. The van der Waals surface area contributed by atoms with Gasteiger partial charge in [-0.2, -0.15) is 0 Å². The first-order valence-corrected chi connectivity index (χ1v) is 12.5. The van der Waals surface area contributed by atoms with E-state index in [1.807, 2.05) is 0 Å². The van der Waals surface area contributed by atoms with Crippen LogP contribution >= 0.6 is 15.8 Å². The van der Waals surface area contributed by atoms with Crippen LogP contribution in [0.25, 0.3) is 0 Å². The largest absolute Gasteiger partial charge is 0.0832 e. The Balaban J connectivity index is 4.30. The molecule has 0 spiro atoms. The number of rotatable bonds is 14. The van der Waals surface area contributed by atoms with E-state index in [4.69, 9.17) is 0 Å². The van der Waals surface area contributed by atoms with E-state index in [2.05, 4.69) is 39.3 Å². The van der Waals surface area contributed by atoms with Crippen molar-refractivity contribution >= 4 is 15.8 Å². The first-order valence-electron chi connectivity index (χ1n) is 8.94. The van der Waals surface area contributed by atoms with Gasteiger partial charge in [-0.25, -0.2) is 0 Å². The minimum atomic E-state index is 0.201. The fourth-order valence-corrected chi connectivity index (χ4v) is 7.60. The third kappa shape index (κ3) is 12.3. The Kier molecular flexibility index (Phi) is 16.5. The molecule has 0 rings (SSSR count). The maximum Gasteiger partial charge on any atom is -0.0291 e. The van der Waals surface area contributed by atoms with Crippen LogP contribution in [0.5, 0.6) is 0 Å². The van der Waals surface area contributed by atoms with E-state index in [1.165, 1.54) is 76.0 Å². The molecule has 0 aromatic carbocycles. The van der Waals surface area contributed by atoms with Crippen molar-refractivity contribution in [2.24, 2.45) is 0 Å². The summed E-state index contributed by atoms with van der Waals surface area (Å²) in [4.78, 5) is 0. The molecule has 0 radical (unpaired) electrons. The van der Waals surface area contributed by atoms with E-state index < -0.39 is 0 Å². The Hall–Kier alpha value is 0.600. The van der Waals surface area contributed by atoms with Crippen molar-refractivity contribution in [2.45, 2.75) is 79.1 Å². The lowest BCUT2D eigenvalue weighted by Gasteiger charge is -2.16. The molecular weight excluding hydrogens is 278 g/mol. The van der Waals surface area contributed by atoms with Crippen molar-refractivity contribution in [1.82, 2.24) is 0 Å². The quantitative estimate of drug-likeness (QED) is 0.289. The summed E-state index contributed by atoms with van der Waals surface area (Å²) in [6, 6.07) is 0. The molecule has 0 heterocycles. The molecule has 0 aliphatic carbocycles. The van der Waals surface area contributed by atoms with Gasteiger partial charge in [-0.15, -0.1) is 0 Å². The minimum absolute atomic E-state index is 0.201. The zero-order valence-corrected chi connectivity index (χ0v) is 16.3. The van der Waals surface area contributed by atoms with Crippen molar-refractivity contribution in [3.05, 3.63) is 11.6 Å². The second-order valence-corrected chi connectivity index (χ2v) is 10.5. The summed E-state index contributed by atoms with van der Waals surface area (Å²) < 4.78 is 0. The molecule has 0 saturated carbocycles. The highest BCUT2D eigenvalue weighted by Crippen LogP contribution is 2.46. The van der Waals surface area contributed by atoms with Crippen LogP contribution in [0.1, 0.15) is 79.1 Å². The van der Waals surface area contributed by atoms with Crippen molar-refractivity contribution in [2.75, 3.05) is 24.6 Å². The van der Waals surface area contributed by atoms with E-state index in [9.17, 15) is 0 Å². The summed E-state index contributed by atoms with van der Waals surface area (Å²) in [5.74, 6) is 5.36. The van der Waals surface area contributed by atoms with Gasteiger partial charge in [0, 0.05) is 0 Å². The second kappa shape index (κ2) is 16.0. The topological polar surface area (TPSA) is 0 Å². The van der Waals surface area contributed by atoms with Gasteiger partial charge in [-0.1, -0.05) is 80.9 Å². The van der Waals surface area contributed by atoms with Gasteiger partial charge in [0.25, 0.3) is 0 Å². The smallest absolute Gasteiger partial charge is 0.0291 e. The molecule has 0 fully saturated rings. The second-order valence-electron chi connectivity index (χ2n) is 5.78. The predicted molar refractivity (Wildman–Crippen MR) is 102 cm³/mol. The van der Waals surface area contributed by atoms with Crippen molar-refractivity contribution < 1.29 is 0 Å². The molecule has 120 valence electrons. The molecule has 0 aromatic rings. The highest BCUT2D eigenvalue weighted by Gasteiger charge is 2.06. The van der Waals surface area contributed by atoms with Crippen molar-refractivity contribution in [3.8, 4) is 0 Å². The average molecular weight is 316 g/mol. The van der Waals surface area contributed by atoms with Crippen LogP contribution in [0.4, 0.5) is 0 Å². The molecule has 0 atom stereocenters. The fourth-order valence-electron chi connectivity index (χ4n) is 2.16. The SMILES string of the molecule is CCCCP(C=CP(CCCC)CCCC)CCCC. The molecular formula is C18H38P2. The highest BCUT2D eigenvalue weighted by molar-refractivity contribution is 7.64. The summed E-state index contributed by atoms with van der Waals surface area (Å²) in [5, 5.41) is 0. The summed E-state index contributed by atoms with van der Waals surface area (Å²) >= 11 is 0. The first kappa shape index (κ1) is 20.6. The Morgan fingerprint density at radius 2 is 0.750 bits per heavy atom. The van der Waals surface area contributed by atoms with E-state index in [0.717, 1.165) is 0 Å². The van der Waals surface area contributed by atoms with E-state index in [0.29, 0.717) is 0 Å². The van der Waals surface area contributed by atoms with E-state index >= 15 is 0 Å². The average Bonchev–Trinajstić information content (AvgIpc) is 2.48. The van der Waals surface area contributed by atoms with Gasteiger partial charge in [-0.05, 0) is 50.3 Å². The van der Waals surface area contributed by atoms with E-state index in [1.54, 1.807) is 0 Å². The molecule has 0 nitrogen and oxygen atoms in total. The van der Waals surface area contributed by atoms with Crippen LogP contribution in [-0.2, 0) is 0 Å². The van der Waals surface area contributed by atoms with Gasteiger partial charge in [0.2, 0.25) is 0 Å². The maximum atomic E-state index is 2.68. The van der Waals surface area contributed by atoms with Gasteiger partial charge in [0.1, 0.15) is 0 Å². The fraction of sp³-hybridized carbons (Fsp3) is 0.889. The normalized spacial score (nSPS) is 12.1. The zero-order chi connectivity index (χ0) is 15.1. The minimum Gasteiger partial charge on any atom is -0.0832 e. The molecule has 20 heavy (non-hydrogen) atoms. The Bertz CT molecular complexity index is 175. The zero-order valence-electron chi connectivity index (χ0n) is 14.5. The maximum absolute atomic E-state index is 2.68. The Labute approximate surface area is 131 Å². The molecule has 0 aliphatic heterocycles. The van der Waals surface area contributed by atoms with Crippen LogP contribution in [0.15, 0.2) is 11.6 Å². The van der Waals surface area contributed by atoms with Gasteiger partial charge < -0.3 is 0 Å². The molecule has 0 bridgehead atoms. The predicted octanol–water partition coefficient (Wildman–Crippen LogP) is 7.62. The summed E-state index contributed by atoms with van der Waals surface area (Å²) in [6.45, 7) is 9.30. The van der Waals surface area contributed by atoms with Gasteiger partial charge in [-0.3, -0.25) is 0 Å². The lowest BCUT2D eigenvalue weighted by atomic mass is 10.4. The van der Waals surface area contributed by atoms with Crippen LogP contribution in [-0.4, -0.2) is 24.6 Å². The lowest BCUT2D eigenvalue weighted by molar-refractivity contribution is 0.869. The van der Waals surface area contributed by atoms with Gasteiger partial charge in [0.15, 0.2) is 0 Å². The molecule has 0 amide bonds. The number of hydrogen-bond donors (Lipinski definition) is 0. The summed E-state index contributed by atoms with van der Waals surface area (Å²) in [6.07, 6.45) is 17.1. The van der Waals surface area contributed by atoms with Crippen LogP contribution in [0.3, 0.4) is 0 Å². The van der Waals surface area contributed by atoms with Crippen molar-refractivity contribution in [3.63, 3.8) is 0 Å². The monoisotopic (exact) mass is 316 g/mol. The number of hydrogen-bond acceptors (Lipinski definition) is 0. The van der Waals surface area contributed by atoms with Crippen LogP contribution in [0, 0.1) is 0 Å². The molecule has 0 N–H and O–H groups in total. The molecule has 0 aromatic heterocycles. The third-order valence-corrected chi connectivity index (χ3v) is 8.62. The lowest BCUT2D eigenvalue weighted by Crippen LogP contribution is -1.90. The van der Waals surface area contributed by atoms with Crippen LogP contribution in [0.2, 0.25) is 0 Å². The Morgan fingerprint density at radius 3 is 0.950 bits per heavy atom. The first-order chi connectivity index (χ1) is 9.78. The number of unbranched alkanes of at least 4 members (excludes halogenated alkanes) is 4. The van der Waals surface area contributed by atoms with Crippen molar-refractivity contribution in [1.29, 1.82) is 0 Å². The van der Waals surface area contributed by atoms with Crippen LogP contribution < -0.4 is 0 Å². The standard InChI is InChI=1S/C18H38P2/c1-5-9-13-19(14-10-6-2)17-18-20(15-11-7-3)16-12-8-4/h17-18H,5-16H2,1-4H3.